The van der Waals surface area contributed by atoms with E-state index in [9.17, 15) is 0 Å². The summed E-state index contributed by atoms with van der Waals surface area (Å²) < 4.78 is 0. The summed E-state index contributed by atoms with van der Waals surface area (Å²) in [5.74, 6) is 0.444. The molecule has 0 aliphatic carbocycles. The molecule has 0 radical (unpaired) electrons. The van der Waals surface area contributed by atoms with Crippen LogP contribution in [0.3, 0.4) is 0 Å². The SMILES string of the molecule is NC(C=Cc1ccc(-c2ccc3[nH]ccc3c2)cc1)=Nc1ccc(Cl)cc1. The monoisotopic (exact) mass is 371 g/mol. The van der Waals surface area contributed by atoms with E-state index in [1.165, 1.54) is 16.5 Å². The molecule has 3 aromatic carbocycles. The van der Waals surface area contributed by atoms with Crippen LogP contribution >= 0.6 is 11.6 Å². The molecule has 0 atom stereocenters. The number of H-pyrrole nitrogens is 1. The Morgan fingerprint density at radius 1 is 0.889 bits per heavy atom. The number of hydrogen-bond acceptors (Lipinski definition) is 1. The second kappa shape index (κ2) is 7.52. The van der Waals surface area contributed by atoms with Crippen molar-refractivity contribution in [1.82, 2.24) is 4.98 Å². The number of aromatic amines is 1. The first kappa shape index (κ1) is 17.1. The first-order valence-electron chi connectivity index (χ1n) is 8.63. The van der Waals surface area contributed by atoms with Gasteiger partial charge in [0, 0.05) is 16.7 Å². The highest BCUT2D eigenvalue weighted by molar-refractivity contribution is 6.30. The quantitative estimate of drug-likeness (QED) is 0.326. The van der Waals surface area contributed by atoms with Gasteiger partial charge in [-0.3, -0.25) is 0 Å². The van der Waals surface area contributed by atoms with Crippen molar-refractivity contribution < 1.29 is 0 Å². The number of nitrogens with two attached hydrogens (primary N) is 1. The molecule has 4 rings (SSSR count). The van der Waals surface area contributed by atoms with E-state index in [2.05, 4.69) is 58.5 Å². The molecule has 0 unspecified atom stereocenters. The third-order valence-corrected chi connectivity index (χ3v) is 4.58. The van der Waals surface area contributed by atoms with Crippen LogP contribution in [0.5, 0.6) is 0 Å². The number of amidine groups is 1. The van der Waals surface area contributed by atoms with Crippen LogP contribution < -0.4 is 5.73 Å². The topological polar surface area (TPSA) is 54.2 Å². The molecule has 3 N–H and O–H groups in total. The highest BCUT2D eigenvalue weighted by Crippen LogP contribution is 2.24. The molecular formula is C23H18ClN3. The van der Waals surface area contributed by atoms with Gasteiger partial charge in [-0.25, -0.2) is 4.99 Å². The van der Waals surface area contributed by atoms with Crippen LogP contribution in [0.4, 0.5) is 5.69 Å². The minimum Gasteiger partial charge on any atom is -0.384 e. The number of aliphatic imine (C=N–C) groups is 1. The molecule has 27 heavy (non-hydrogen) atoms. The average Bonchev–Trinajstić information content (AvgIpc) is 3.16. The second-order valence-corrected chi connectivity index (χ2v) is 6.68. The third kappa shape index (κ3) is 4.10. The number of halogens is 1. The lowest BCUT2D eigenvalue weighted by Crippen LogP contribution is -2.06. The molecule has 0 fully saturated rings. The Kier molecular flexibility index (Phi) is 4.77. The maximum absolute atomic E-state index is 5.98. The van der Waals surface area contributed by atoms with E-state index < -0.39 is 0 Å². The molecule has 0 aliphatic rings. The van der Waals surface area contributed by atoms with Gasteiger partial charge in [-0.15, -0.1) is 0 Å². The lowest BCUT2D eigenvalue weighted by molar-refractivity contribution is 1.48. The van der Waals surface area contributed by atoms with E-state index in [0.29, 0.717) is 10.9 Å². The zero-order valence-corrected chi connectivity index (χ0v) is 15.3. The number of benzene rings is 3. The van der Waals surface area contributed by atoms with Crippen molar-refractivity contribution in [1.29, 1.82) is 0 Å². The van der Waals surface area contributed by atoms with Crippen molar-refractivity contribution in [2.45, 2.75) is 0 Å². The Bertz CT molecular complexity index is 1120. The summed E-state index contributed by atoms with van der Waals surface area (Å²) in [5.41, 5.74) is 11.3. The smallest absolute Gasteiger partial charge is 0.124 e. The minimum absolute atomic E-state index is 0.444. The summed E-state index contributed by atoms with van der Waals surface area (Å²) in [6, 6.07) is 24.1. The second-order valence-electron chi connectivity index (χ2n) is 6.25. The zero-order valence-electron chi connectivity index (χ0n) is 14.6. The van der Waals surface area contributed by atoms with E-state index in [-0.39, 0.29) is 0 Å². The predicted molar refractivity (Wildman–Crippen MR) is 116 cm³/mol. The van der Waals surface area contributed by atoms with Gasteiger partial charge in [0.2, 0.25) is 0 Å². The summed E-state index contributed by atoms with van der Waals surface area (Å²) in [6.07, 6.45) is 5.71. The van der Waals surface area contributed by atoms with E-state index in [0.717, 1.165) is 16.8 Å². The summed E-state index contributed by atoms with van der Waals surface area (Å²) >= 11 is 5.87. The van der Waals surface area contributed by atoms with Crippen molar-refractivity contribution in [3.8, 4) is 11.1 Å². The third-order valence-electron chi connectivity index (χ3n) is 4.33. The van der Waals surface area contributed by atoms with Gasteiger partial charge in [0.25, 0.3) is 0 Å². The number of aromatic nitrogens is 1. The molecule has 3 nitrogen and oxygen atoms in total. The molecule has 0 saturated carbocycles. The van der Waals surface area contributed by atoms with Crippen LogP contribution in [0, 0.1) is 0 Å². The molecule has 0 saturated heterocycles. The van der Waals surface area contributed by atoms with Gasteiger partial charge >= 0.3 is 0 Å². The van der Waals surface area contributed by atoms with Gasteiger partial charge in [-0.1, -0.05) is 48.0 Å². The number of nitrogens with one attached hydrogen (secondary N) is 1. The van der Waals surface area contributed by atoms with Crippen LogP contribution in [-0.4, -0.2) is 10.8 Å². The average molecular weight is 372 g/mol. The van der Waals surface area contributed by atoms with Crippen LogP contribution in [-0.2, 0) is 0 Å². The molecule has 4 heteroatoms. The van der Waals surface area contributed by atoms with Gasteiger partial charge in [0.1, 0.15) is 5.84 Å². The molecule has 0 spiro atoms. The predicted octanol–water partition coefficient (Wildman–Crippen LogP) is 6.19. The Balaban J connectivity index is 1.49. The van der Waals surface area contributed by atoms with Gasteiger partial charge < -0.3 is 10.7 Å². The zero-order chi connectivity index (χ0) is 18.6. The fourth-order valence-electron chi connectivity index (χ4n) is 2.90. The fourth-order valence-corrected chi connectivity index (χ4v) is 3.03. The highest BCUT2D eigenvalue weighted by atomic mass is 35.5. The fraction of sp³-hybridized carbons (Fsp3) is 0. The molecule has 1 heterocycles. The van der Waals surface area contributed by atoms with Crippen molar-refractivity contribution in [3.05, 3.63) is 95.7 Å². The Hall–Kier alpha value is -3.30. The van der Waals surface area contributed by atoms with Crippen molar-refractivity contribution in [2.75, 3.05) is 0 Å². The van der Waals surface area contributed by atoms with E-state index in [1.54, 1.807) is 18.2 Å². The largest absolute Gasteiger partial charge is 0.384 e. The van der Waals surface area contributed by atoms with Gasteiger partial charge in [-0.2, -0.15) is 0 Å². The Morgan fingerprint density at radius 3 is 2.41 bits per heavy atom. The Morgan fingerprint density at radius 2 is 1.63 bits per heavy atom. The van der Waals surface area contributed by atoms with Crippen LogP contribution in [0.1, 0.15) is 5.56 Å². The summed E-state index contributed by atoms with van der Waals surface area (Å²) in [4.78, 5) is 7.57. The van der Waals surface area contributed by atoms with Gasteiger partial charge in [-0.05, 0) is 70.6 Å². The molecular weight excluding hydrogens is 354 g/mol. The maximum Gasteiger partial charge on any atom is 0.124 e. The molecule has 4 aromatic rings. The van der Waals surface area contributed by atoms with Crippen molar-refractivity contribution in [3.63, 3.8) is 0 Å². The van der Waals surface area contributed by atoms with Crippen LogP contribution in [0.2, 0.25) is 5.02 Å². The summed E-state index contributed by atoms with van der Waals surface area (Å²) in [7, 11) is 0. The molecule has 132 valence electrons. The molecule has 0 amide bonds. The number of nitrogens with zero attached hydrogens (tertiary/aromatic N) is 1. The lowest BCUT2D eigenvalue weighted by Gasteiger charge is -2.03. The first-order valence-corrected chi connectivity index (χ1v) is 9.00. The van der Waals surface area contributed by atoms with E-state index >= 15 is 0 Å². The molecule has 1 aromatic heterocycles. The highest BCUT2D eigenvalue weighted by Gasteiger charge is 2.00. The normalized spacial score (nSPS) is 12.1. The van der Waals surface area contributed by atoms with Crippen LogP contribution in [0.15, 0.2) is 90.1 Å². The van der Waals surface area contributed by atoms with E-state index in [4.69, 9.17) is 17.3 Å². The number of fused-ring (bicyclic) bond motifs is 1. The van der Waals surface area contributed by atoms with E-state index in [1.807, 2.05) is 24.4 Å². The molecule has 0 bridgehead atoms. The molecule has 0 aliphatic heterocycles. The standard InChI is InChI=1S/C23H18ClN3/c24-20-7-9-21(10-8-20)27-23(25)12-3-16-1-4-17(5-2-16)18-6-11-22-19(15-18)13-14-26-22/h1-15,26H,(H2,25,27). The maximum atomic E-state index is 5.98. The first-order chi connectivity index (χ1) is 13.2. The van der Waals surface area contributed by atoms with Gasteiger partial charge in [0.05, 0.1) is 5.69 Å². The number of rotatable bonds is 4. The van der Waals surface area contributed by atoms with Crippen molar-refractivity contribution >= 4 is 40.1 Å². The Labute approximate surface area is 162 Å². The lowest BCUT2D eigenvalue weighted by atomic mass is 10.0. The van der Waals surface area contributed by atoms with Crippen LogP contribution in [0.25, 0.3) is 28.1 Å². The van der Waals surface area contributed by atoms with Gasteiger partial charge in [0.15, 0.2) is 0 Å². The van der Waals surface area contributed by atoms with Crippen molar-refractivity contribution in [2.24, 2.45) is 10.7 Å². The number of hydrogen-bond donors (Lipinski definition) is 2. The summed E-state index contributed by atoms with van der Waals surface area (Å²) in [6.45, 7) is 0. The minimum atomic E-state index is 0.444. The summed E-state index contributed by atoms with van der Waals surface area (Å²) in [5, 5.41) is 1.89.